The molecule has 0 spiro atoms. The van der Waals surface area contributed by atoms with Gasteiger partial charge < -0.3 is 20.1 Å². The molecule has 1 aromatic heterocycles. The lowest BCUT2D eigenvalue weighted by molar-refractivity contribution is 0.0205. The van der Waals surface area contributed by atoms with Crippen molar-refractivity contribution in [2.75, 3.05) is 46.1 Å². The number of aliphatic imine (C=N–C) groups is 1. The monoisotopic (exact) mass is 368 g/mol. The third-order valence-electron chi connectivity index (χ3n) is 4.10. The first-order valence-electron chi connectivity index (χ1n) is 9.36. The second kappa shape index (κ2) is 12.2. The van der Waals surface area contributed by atoms with E-state index >= 15 is 0 Å². The van der Waals surface area contributed by atoms with Crippen molar-refractivity contribution in [3.63, 3.8) is 0 Å². The van der Waals surface area contributed by atoms with Crippen LogP contribution < -0.4 is 10.6 Å². The summed E-state index contributed by atoms with van der Waals surface area (Å²) in [7, 11) is 0. The van der Waals surface area contributed by atoms with Crippen LogP contribution in [0.2, 0.25) is 0 Å². The van der Waals surface area contributed by atoms with Gasteiger partial charge in [-0.05, 0) is 39.0 Å². The van der Waals surface area contributed by atoms with E-state index in [9.17, 15) is 0 Å². The van der Waals surface area contributed by atoms with Gasteiger partial charge in [0, 0.05) is 57.9 Å². The third kappa shape index (κ3) is 8.65. The Kier molecular flexibility index (Phi) is 9.84. The van der Waals surface area contributed by atoms with Crippen LogP contribution in [0.25, 0.3) is 0 Å². The number of ether oxygens (including phenoxy) is 2. The summed E-state index contributed by atoms with van der Waals surface area (Å²) in [6, 6.07) is 0. The molecule has 25 heavy (non-hydrogen) atoms. The Morgan fingerprint density at radius 2 is 2.24 bits per heavy atom. The summed E-state index contributed by atoms with van der Waals surface area (Å²) in [5.74, 6) is 1.55. The number of guanidine groups is 1. The van der Waals surface area contributed by atoms with Crippen LogP contribution in [0.4, 0.5) is 0 Å². The molecular weight excluding hydrogens is 336 g/mol. The number of aryl methyl sites for hydroxylation is 1. The smallest absolute Gasteiger partial charge is 0.191 e. The average molecular weight is 369 g/mol. The van der Waals surface area contributed by atoms with E-state index in [0.29, 0.717) is 5.92 Å². The zero-order valence-corrected chi connectivity index (χ0v) is 16.4. The van der Waals surface area contributed by atoms with Crippen LogP contribution in [0.15, 0.2) is 10.4 Å². The summed E-state index contributed by atoms with van der Waals surface area (Å²) >= 11 is 1.70. The second-order valence-corrected chi connectivity index (χ2v) is 7.34. The highest BCUT2D eigenvalue weighted by atomic mass is 32.1. The Morgan fingerprint density at radius 1 is 1.40 bits per heavy atom. The van der Waals surface area contributed by atoms with Crippen molar-refractivity contribution >= 4 is 17.3 Å². The largest absolute Gasteiger partial charge is 0.381 e. The SMILES string of the molecule is CCNC(=NCCCOCC1CCOCC1)NCCc1csc(C)n1. The predicted octanol–water partition coefficient (Wildman–Crippen LogP) is 2.38. The molecule has 7 heteroatoms. The minimum absolute atomic E-state index is 0.672. The first-order valence-corrected chi connectivity index (χ1v) is 10.2. The summed E-state index contributed by atoms with van der Waals surface area (Å²) in [6.07, 6.45) is 4.13. The van der Waals surface area contributed by atoms with E-state index in [-0.39, 0.29) is 0 Å². The van der Waals surface area contributed by atoms with E-state index in [1.807, 2.05) is 6.92 Å². The molecule has 142 valence electrons. The maximum Gasteiger partial charge on any atom is 0.191 e. The lowest BCUT2D eigenvalue weighted by atomic mass is 10.0. The van der Waals surface area contributed by atoms with Crippen LogP contribution in [0, 0.1) is 12.8 Å². The van der Waals surface area contributed by atoms with Gasteiger partial charge in [0.2, 0.25) is 0 Å². The number of nitrogens with zero attached hydrogens (tertiary/aromatic N) is 2. The first-order chi connectivity index (χ1) is 12.3. The van der Waals surface area contributed by atoms with Crippen molar-refractivity contribution in [2.45, 2.75) is 39.5 Å². The molecule has 0 aromatic carbocycles. The standard InChI is InChI=1S/C18H32N4O2S/c1-3-19-18(21-9-5-17-14-25-15(2)22-17)20-8-4-10-24-13-16-6-11-23-12-7-16/h14,16H,3-13H2,1-2H3,(H2,19,20,21). The molecule has 0 amide bonds. The Morgan fingerprint density at radius 3 is 2.96 bits per heavy atom. The fraction of sp³-hybridized carbons (Fsp3) is 0.778. The lowest BCUT2D eigenvalue weighted by Gasteiger charge is -2.21. The number of hydrogen-bond donors (Lipinski definition) is 2. The van der Waals surface area contributed by atoms with Gasteiger partial charge in [0.05, 0.1) is 10.7 Å². The molecule has 0 atom stereocenters. The maximum atomic E-state index is 5.78. The van der Waals surface area contributed by atoms with E-state index in [0.717, 1.165) is 88.4 Å². The van der Waals surface area contributed by atoms with Gasteiger partial charge in [-0.1, -0.05) is 0 Å². The van der Waals surface area contributed by atoms with Gasteiger partial charge in [-0.3, -0.25) is 4.99 Å². The van der Waals surface area contributed by atoms with Crippen molar-refractivity contribution in [3.05, 3.63) is 16.1 Å². The Bertz CT molecular complexity index is 501. The number of hydrogen-bond acceptors (Lipinski definition) is 5. The molecule has 0 unspecified atom stereocenters. The topological polar surface area (TPSA) is 67.8 Å². The van der Waals surface area contributed by atoms with Gasteiger partial charge in [0.15, 0.2) is 5.96 Å². The van der Waals surface area contributed by atoms with Crippen LogP contribution in [0.1, 0.15) is 36.9 Å². The molecule has 2 heterocycles. The van der Waals surface area contributed by atoms with Gasteiger partial charge in [-0.15, -0.1) is 11.3 Å². The zero-order chi connectivity index (χ0) is 17.7. The van der Waals surface area contributed by atoms with E-state index in [2.05, 4.69) is 32.9 Å². The minimum Gasteiger partial charge on any atom is -0.381 e. The van der Waals surface area contributed by atoms with Gasteiger partial charge >= 0.3 is 0 Å². The van der Waals surface area contributed by atoms with Crippen LogP contribution in [0.3, 0.4) is 0 Å². The molecule has 2 rings (SSSR count). The van der Waals surface area contributed by atoms with Crippen molar-refractivity contribution in [3.8, 4) is 0 Å². The third-order valence-corrected chi connectivity index (χ3v) is 4.92. The van der Waals surface area contributed by atoms with E-state index in [4.69, 9.17) is 9.47 Å². The molecule has 1 aliphatic heterocycles. The molecule has 1 aromatic rings. The Labute approximate surface area is 155 Å². The summed E-state index contributed by atoms with van der Waals surface area (Å²) in [5.41, 5.74) is 1.15. The van der Waals surface area contributed by atoms with E-state index < -0.39 is 0 Å². The molecule has 1 fully saturated rings. The van der Waals surface area contributed by atoms with Crippen molar-refractivity contribution in [1.29, 1.82) is 0 Å². The van der Waals surface area contributed by atoms with Gasteiger partial charge in [0.25, 0.3) is 0 Å². The van der Waals surface area contributed by atoms with Gasteiger partial charge in [-0.2, -0.15) is 0 Å². The molecule has 1 saturated heterocycles. The Balaban J connectivity index is 1.56. The normalized spacial score (nSPS) is 16.2. The van der Waals surface area contributed by atoms with E-state index in [1.54, 1.807) is 11.3 Å². The summed E-state index contributed by atoms with van der Waals surface area (Å²) in [5, 5.41) is 9.90. The van der Waals surface area contributed by atoms with E-state index in [1.165, 1.54) is 0 Å². The first kappa shape index (κ1) is 20.1. The zero-order valence-electron chi connectivity index (χ0n) is 15.6. The number of rotatable bonds is 10. The predicted molar refractivity (Wildman–Crippen MR) is 104 cm³/mol. The fourth-order valence-corrected chi connectivity index (χ4v) is 3.34. The van der Waals surface area contributed by atoms with Gasteiger partial charge in [0.1, 0.15) is 0 Å². The molecule has 6 nitrogen and oxygen atoms in total. The highest BCUT2D eigenvalue weighted by molar-refractivity contribution is 7.09. The van der Waals surface area contributed by atoms with Crippen LogP contribution in [-0.4, -0.2) is 57.0 Å². The molecule has 0 saturated carbocycles. The molecule has 0 aliphatic carbocycles. The fourth-order valence-electron chi connectivity index (χ4n) is 2.69. The molecule has 1 aliphatic rings. The van der Waals surface area contributed by atoms with Crippen molar-refractivity contribution in [2.24, 2.45) is 10.9 Å². The summed E-state index contributed by atoms with van der Waals surface area (Å²) in [4.78, 5) is 9.09. The highest BCUT2D eigenvalue weighted by Gasteiger charge is 2.13. The number of aromatic nitrogens is 1. The second-order valence-electron chi connectivity index (χ2n) is 6.28. The highest BCUT2D eigenvalue weighted by Crippen LogP contribution is 2.14. The quantitative estimate of drug-likeness (QED) is 0.377. The summed E-state index contributed by atoms with van der Waals surface area (Å²) < 4.78 is 11.1. The van der Waals surface area contributed by atoms with Crippen molar-refractivity contribution in [1.82, 2.24) is 15.6 Å². The van der Waals surface area contributed by atoms with Crippen molar-refractivity contribution < 1.29 is 9.47 Å². The lowest BCUT2D eigenvalue weighted by Crippen LogP contribution is -2.38. The van der Waals surface area contributed by atoms with Crippen LogP contribution in [-0.2, 0) is 15.9 Å². The molecule has 2 N–H and O–H groups in total. The summed E-state index contributed by atoms with van der Waals surface area (Å²) in [6.45, 7) is 10.0. The maximum absolute atomic E-state index is 5.78. The number of nitrogens with one attached hydrogen (secondary N) is 2. The molecular formula is C18H32N4O2S. The van der Waals surface area contributed by atoms with Gasteiger partial charge in [-0.25, -0.2) is 4.98 Å². The van der Waals surface area contributed by atoms with Crippen LogP contribution >= 0.6 is 11.3 Å². The minimum atomic E-state index is 0.672. The van der Waals surface area contributed by atoms with Crippen LogP contribution in [0.5, 0.6) is 0 Å². The number of thiazole rings is 1. The average Bonchev–Trinajstić information content (AvgIpc) is 3.04. The molecule has 0 bridgehead atoms. The Hall–Kier alpha value is -1.18. The molecule has 0 radical (unpaired) electrons.